The Bertz CT molecular complexity index is 331. The molecule has 0 radical (unpaired) electrons. The van der Waals surface area contributed by atoms with Crippen molar-refractivity contribution in [3.05, 3.63) is 0 Å². The molecule has 0 aliphatic rings. The van der Waals surface area contributed by atoms with Crippen molar-refractivity contribution in [2.45, 2.75) is 45.3 Å². The van der Waals surface area contributed by atoms with Crippen molar-refractivity contribution >= 4 is 26.0 Å². The maximum atomic E-state index is 12.0. The van der Waals surface area contributed by atoms with E-state index in [1.807, 2.05) is 0 Å². The van der Waals surface area contributed by atoms with Crippen molar-refractivity contribution in [3.63, 3.8) is 0 Å². The van der Waals surface area contributed by atoms with Crippen molar-refractivity contribution in [2.75, 3.05) is 17.6 Å². The average molecular weight is 354 g/mol. The van der Waals surface area contributed by atoms with Crippen LogP contribution in [0.4, 0.5) is 13.2 Å². The number of hydrogen-bond donors (Lipinski definition) is 0. The Morgan fingerprint density at radius 3 is 2.17 bits per heavy atom. The van der Waals surface area contributed by atoms with Gasteiger partial charge < -0.3 is 0 Å². The zero-order chi connectivity index (χ0) is 14.4. The second-order valence-electron chi connectivity index (χ2n) is 4.28. The Morgan fingerprint density at radius 2 is 1.78 bits per heavy atom. The molecule has 8 heteroatoms. The summed E-state index contributed by atoms with van der Waals surface area (Å²) in [7, 11) is -3.60. The number of nitrogens with zero attached hydrogens (tertiary/aromatic N) is 1. The first kappa shape index (κ1) is 18.2. The first-order valence-corrected chi connectivity index (χ1v) is 8.45. The van der Waals surface area contributed by atoms with Crippen LogP contribution < -0.4 is 0 Å². The van der Waals surface area contributed by atoms with Gasteiger partial charge in [0.05, 0.1) is 5.75 Å². The molecule has 0 heterocycles. The summed E-state index contributed by atoms with van der Waals surface area (Å²) in [5.74, 6) is -0.451. The number of sulfonamides is 1. The van der Waals surface area contributed by atoms with Gasteiger partial charge in [0.15, 0.2) is 0 Å². The Balaban J connectivity index is 4.47. The fraction of sp³-hybridized carbons (Fsp3) is 1.00. The predicted molar refractivity (Wildman–Crippen MR) is 69.3 cm³/mol. The van der Waals surface area contributed by atoms with E-state index in [4.69, 9.17) is 0 Å². The molecule has 0 saturated heterocycles. The van der Waals surface area contributed by atoms with Gasteiger partial charge >= 0.3 is 6.18 Å². The molecule has 0 fully saturated rings. The lowest BCUT2D eigenvalue weighted by Crippen LogP contribution is -2.39. The molecule has 0 aliphatic heterocycles. The van der Waals surface area contributed by atoms with Crippen LogP contribution in [0.25, 0.3) is 0 Å². The van der Waals surface area contributed by atoms with Crippen molar-refractivity contribution in [1.29, 1.82) is 0 Å². The fourth-order valence-electron chi connectivity index (χ4n) is 1.51. The molecule has 3 nitrogen and oxygen atoms in total. The van der Waals surface area contributed by atoms with E-state index < -0.39 is 28.4 Å². The second-order valence-corrected chi connectivity index (χ2v) is 7.12. The van der Waals surface area contributed by atoms with Crippen LogP contribution in [0, 0.1) is 0 Å². The summed E-state index contributed by atoms with van der Waals surface area (Å²) < 4.78 is 61.0. The first-order chi connectivity index (χ1) is 8.10. The van der Waals surface area contributed by atoms with Gasteiger partial charge in [-0.15, -0.1) is 0 Å². The molecule has 0 spiro atoms. The van der Waals surface area contributed by atoms with Crippen LogP contribution in [-0.2, 0) is 10.0 Å². The van der Waals surface area contributed by atoms with E-state index in [0.29, 0.717) is 18.3 Å². The van der Waals surface area contributed by atoms with Crippen LogP contribution in [0.3, 0.4) is 0 Å². The minimum absolute atomic E-state index is 0.236. The Labute approximate surface area is 115 Å². The van der Waals surface area contributed by atoms with Crippen LogP contribution in [0.1, 0.15) is 33.1 Å². The lowest BCUT2D eigenvalue weighted by atomic mass is 10.3. The van der Waals surface area contributed by atoms with E-state index >= 15 is 0 Å². The van der Waals surface area contributed by atoms with Gasteiger partial charge in [0.25, 0.3) is 0 Å². The minimum Gasteiger partial charge on any atom is -0.212 e. The van der Waals surface area contributed by atoms with E-state index in [9.17, 15) is 21.6 Å². The highest BCUT2D eigenvalue weighted by atomic mass is 79.9. The molecule has 0 bridgehead atoms. The van der Waals surface area contributed by atoms with Crippen LogP contribution in [0.15, 0.2) is 0 Å². The standard InChI is InChI=1S/C10H19BrF3NO2S/c1-9(2)15(7-4-6-11)18(16,17)8-3-5-10(12,13)14/h9H,3-8H2,1-2H3. The molecule has 0 saturated carbocycles. The van der Waals surface area contributed by atoms with Gasteiger partial charge in [-0.05, 0) is 26.7 Å². The molecular weight excluding hydrogens is 335 g/mol. The molecule has 18 heavy (non-hydrogen) atoms. The molecule has 0 aromatic carbocycles. The third kappa shape index (κ3) is 7.58. The normalized spacial score (nSPS) is 13.6. The van der Waals surface area contributed by atoms with Gasteiger partial charge in [0.1, 0.15) is 0 Å². The van der Waals surface area contributed by atoms with Gasteiger partial charge in [0.2, 0.25) is 10.0 Å². The highest BCUT2D eigenvalue weighted by molar-refractivity contribution is 9.09. The van der Waals surface area contributed by atoms with Crippen LogP contribution >= 0.6 is 15.9 Å². The smallest absolute Gasteiger partial charge is 0.212 e. The van der Waals surface area contributed by atoms with E-state index in [2.05, 4.69) is 15.9 Å². The summed E-state index contributed by atoms with van der Waals surface area (Å²) in [4.78, 5) is 0. The molecule has 0 aromatic heterocycles. The summed E-state index contributed by atoms with van der Waals surface area (Å²) in [6, 6.07) is -0.236. The topological polar surface area (TPSA) is 37.4 Å². The molecule has 0 N–H and O–H groups in total. The molecule has 0 atom stereocenters. The Morgan fingerprint density at radius 1 is 1.22 bits per heavy atom. The van der Waals surface area contributed by atoms with Crippen molar-refractivity contribution < 1.29 is 21.6 Å². The maximum absolute atomic E-state index is 12.0. The third-order valence-electron chi connectivity index (χ3n) is 2.31. The number of rotatable bonds is 8. The van der Waals surface area contributed by atoms with Gasteiger partial charge in [0, 0.05) is 24.3 Å². The largest absolute Gasteiger partial charge is 0.389 e. The highest BCUT2D eigenvalue weighted by Crippen LogP contribution is 2.22. The zero-order valence-corrected chi connectivity index (χ0v) is 12.9. The SMILES string of the molecule is CC(C)N(CCCBr)S(=O)(=O)CCCC(F)(F)F. The summed E-state index contributed by atoms with van der Waals surface area (Å²) in [5, 5.41) is 0.661. The number of halogens is 4. The summed E-state index contributed by atoms with van der Waals surface area (Å²) in [6.45, 7) is 3.77. The summed E-state index contributed by atoms with van der Waals surface area (Å²) >= 11 is 3.20. The Kier molecular flexibility index (Phi) is 7.77. The molecular formula is C10H19BrF3NO2S. The lowest BCUT2D eigenvalue weighted by Gasteiger charge is -2.25. The van der Waals surface area contributed by atoms with E-state index in [1.54, 1.807) is 13.8 Å². The van der Waals surface area contributed by atoms with Gasteiger partial charge in [-0.3, -0.25) is 0 Å². The molecule has 0 amide bonds. The Hall–Kier alpha value is 0.180. The summed E-state index contributed by atoms with van der Waals surface area (Å²) in [5.41, 5.74) is 0. The van der Waals surface area contributed by atoms with E-state index in [-0.39, 0.29) is 12.5 Å². The van der Waals surface area contributed by atoms with E-state index in [0.717, 1.165) is 0 Å². The third-order valence-corrected chi connectivity index (χ3v) is 4.99. The molecule has 0 unspecified atom stereocenters. The highest BCUT2D eigenvalue weighted by Gasteiger charge is 2.29. The molecule has 0 rings (SSSR count). The number of alkyl halides is 4. The predicted octanol–water partition coefficient (Wildman–Crippen LogP) is 3.15. The minimum atomic E-state index is -4.30. The van der Waals surface area contributed by atoms with Crippen LogP contribution in [0.5, 0.6) is 0 Å². The van der Waals surface area contributed by atoms with Crippen LogP contribution in [0.2, 0.25) is 0 Å². The average Bonchev–Trinajstić information content (AvgIpc) is 2.14. The van der Waals surface area contributed by atoms with Crippen molar-refractivity contribution in [1.82, 2.24) is 4.31 Å². The molecule has 0 aliphatic carbocycles. The second kappa shape index (κ2) is 7.69. The lowest BCUT2D eigenvalue weighted by molar-refractivity contribution is -0.134. The quantitative estimate of drug-likeness (QED) is 0.628. The summed E-state index contributed by atoms with van der Waals surface area (Å²) in [6.07, 6.45) is -5.11. The first-order valence-electron chi connectivity index (χ1n) is 5.72. The van der Waals surface area contributed by atoms with Crippen molar-refractivity contribution in [2.24, 2.45) is 0 Å². The zero-order valence-electron chi connectivity index (χ0n) is 10.5. The number of hydrogen-bond acceptors (Lipinski definition) is 2. The van der Waals surface area contributed by atoms with Gasteiger partial charge in [-0.25, -0.2) is 8.42 Å². The maximum Gasteiger partial charge on any atom is 0.389 e. The van der Waals surface area contributed by atoms with Crippen LogP contribution in [-0.4, -0.2) is 42.6 Å². The monoisotopic (exact) mass is 353 g/mol. The van der Waals surface area contributed by atoms with Gasteiger partial charge in [-0.2, -0.15) is 17.5 Å². The van der Waals surface area contributed by atoms with Crippen molar-refractivity contribution in [3.8, 4) is 0 Å². The van der Waals surface area contributed by atoms with E-state index in [1.165, 1.54) is 4.31 Å². The molecule has 110 valence electrons. The van der Waals surface area contributed by atoms with Gasteiger partial charge in [-0.1, -0.05) is 15.9 Å². The molecule has 0 aromatic rings. The fourth-order valence-corrected chi connectivity index (χ4v) is 3.55.